The van der Waals surface area contributed by atoms with Gasteiger partial charge in [0, 0.05) is 18.8 Å². The SMILES string of the molecule is Cc1c(NC(C)C(=O)Nc2ccc3c(c2)OCO3)c(=O)n(-c2ccccc2)n1C. The van der Waals surface area contributed by atoms with Crippen molar-refractivity contribution in [3.8, 4) is 17.2 Å². The van der Waals surface area contributed by atoms with Gasteiger partial charge >= 0.3 is 0 Å². The van der Waals surface area contributed by atoms with Crippen molar-refractivity contribution in [3.63, 3.8) is 0 Å². The Bertz CT molecular complexity index is 1120. The van der Waals surface area contributed by atoms with Crippen LogP contribution in [-0.2, 0) is 11.8 Å². The highest BCUT2D eigenvalue weighted by Gasteiger charge is 2.21. The summed E-state index contributed by atoms with van der Waals surface area (Å²) in [6, 6.07) is 13.9. The van der Waals surface area contributed by atoms with Gasteiger partial charge in [-0.1, -0.05) is 18.2 Å². The monoisotopic (exact) mass is 394 g/mol. The van der Waals surface area contributed by atoms with E-state index < -0.39 is 6.04 Å². The van der Waals surface area contributed by atoms with Gasteiger partial charge in [-0.2, -0.15) is 0 Å². The number of benzene rings is 2. The lowest BCUT2D eigenvalue weighted by Gasteiger charge is -2.14. The summed E-state index contributed by atoms with van der Waals surface area (Å²) in [4.78, 5) is 25.6. The molecule has 0 saturated heterocycles. The number of anilines is 2. The van der Waals surface area contributed by atoms with Gasteiger partial charge < -0.3 is 20.1 Å². The minimum Gasteiger partial charge on any atom is -0.454 e. The van der Waals surface area contributed by atoms with Crippen LogP contribution >= 0.6 is 0 Å². The highest BCUT2D eigenvalue weighted by molar-refractivity contribution is 5.96. The van der Waals surface area contributed by atoms with Crippen LogP contribution in [0.3, 0.4) is 0 Å². The lowest BCUT2D eigenvalue weighted by Crippen LogP contribution is -2.34. The summed E-state index contributed by atoms with van der Waals surface area (Å²) < 4.78 is 13.9. The average Bonchev–Trinajstić information content (AvgIpc) is 3.27. The third-order valence-electron chi connectivity index (χ3n) is 4.95. The third kappa shape index (κ3) is 3.44. The Labute approximate surface area is 167 Å². The molecule has 1 aromatic heterocycles. The fraction of sp³-hybridized carbons (Fsp3) is 0.238. The van der Waals surface area contributed by atoms with Crippen LogP contribution in [0.15, 0.2) is 53.3 Å². The van der Waals surface area contributed by atoms with E-state index in [0.29, 0.717) is 22.9 Å². The van der Waals surface area contributed by atoms with Gasteiger partial charge in [-0.25, -0.2) is 4.68 Å². The summed E-state index contributed by atoms with van der Waals surface area (Å²) >= 11 is 0. The molecular weight excluding hydrogens is 372 g/mol. The molecule has 0 spiro atoms. The van der Waals surface area contributed by atoms with Gasteiger partial charge in [0.15, 0.2) is 11.5 Å². The molecule has 2 heterocycles. The molecule has 8 heteroatoms. The van der Waals surface area contributed by atoms with E-state index in [-0.39, 0.29) is 18.3 Å². The van der Waals surface area contributed by atoms with Crippen molar-refractivity contribution in [1.82, 2.24) is 9.36 Å². The summed E-state index contributed by atoms with van der Waals surface area (Å²) in [5.74, 6) is 0.974. The highest BCUT2D eigenvalue weighted by Crippen LogP contribution is 2.34. The van der Waals surface area contributed by atoms with E-state index in [9.17, 15) is 9.59 Å². The number of para-hydroxylation sites is 1. The van der Waals surface area contributed by atoms with Crippen molar-refractivity contribution < 1.29 is 14.3 Å². The van der Waals surface area contributed by atoms with Gasteiger partial charge in [-0.05, 0) is 38.1 Å². The molecule has 8 nitrogen and oxygen atoms in total. The summed E-state index contributed by atoms with van der Waals surface area (Å²) in [6.45, 7) is 3.72. The van der Waals surface area contributed by atoms with Crippen molar-refractivity contribution in [2.24, 2.45) is 7.05 Å². The number of nitrogens with zero attached hydrogens (tertiary/aromatic N) is 2. The van der Waals surface area contributed by atoms with Crippen LogP contribution in [0.1, 0.15) is 12.6 Å². The number of rotatable bonds is 5. The fourth-order valence-corrected chi connectivity index (χ4v) is 3.24. The Balaban J connectivity index is 1.53. The smallest absolute Gasteiger partial charge is 0.295 e. The molecule has 1 atom stereocenters. The van der Waals surface area contributed by atoms with Gasteiger partial charge in [-0.3, -0.25) is 14.3 Å². The molecule has 1 amide bonds. The molecule has 29 heavy (non-hydrogen) atoms. The maximum Gasteiger partial charge on any atom is 0.295 e. The predicted octanol–water partition coefficient (Wildman–Crippen LogP) is 2.65. The number of carbonyl (C=O) groups excluding carboxylic acids is 1. The quantitative estimate of drug-likeness (QED) is 0.695. The summed E-state index contributed by atoms with van der Waals surface area (Å²) in [5, 5.41) is 5.89. The molecule has 0 aliphatic carbocycles. The van der Waals surface area contributed by atoms with Crippen LogP contribution < -0.4 is 25.7 Å². The van der Waals surface area contributed by atoms with Crippen molar-refractivity contribution in [2.75, 3.05) is 17.4 Å². The second kappa shape index (κ2) is 7.38. The van der Waals surface area contributed by atoms with Gasteiger partial charge in [0.25, 0.3) is 5.56 Å². The zero-order chi connectivity index (χ0) is 20.5. The average molecular weight is 394 g/mol. The second-order valence-electron chi connectivity index (χ2n) is 6.86. The maximum absolute atomic E-state index is 13.0. The van der Waals surface area contributed by atoms with Crippen LogP contribution in [-0.4, -0.2) is 28.1 Å². The number of hydrogen-bond donors (Lipinski definition) is 2. The lowest BCUT2D eigenvalue weighted by molar-refractivity contribution is -0.116. The molecule has 1 aliphatic rings. The molecule has 1 aliphatic heterocycles. The van der Waals surface area contributed by atoms with E-state index in [4.69, 9.17) is 9.47 Å². The largest absolute Gasteiger partial charge is 0.454 e. The molecule has 2 aromatic carbocycles. The number of aromatic nitrogens is 2. The zero-order valence-corrected chi connectivity index (χ0v) is 16.4. The van der Waals surface area contributed by atoms with Gasteiger partial charge in [0.1, 0.15) is 11.7 Å². The number of hydrogen-bond acceptors (Lipinski definition) is 5. The Kier molecular flexibility index (Phi) is 4.75. The Hall–Kier alpha value is -3.68. The van der Waals surface area contributed by atoms with Crippen molar-refractivity contribution in [3.05, 3.63) is 64.6 Å². The maximum atomic E-state index is 13.0. The van der Waals surface area contributed by atoms with Crippen LogP contribution in [0.5, 0.6) is 11.5 Å². The summed E-state index contributed by atoms with van der Waals surface area (Å²) in [7, 11) is 1.81. The van der Waals surface area contributed by atoms with Crippen molar-refractivity contribution in [2.45, 2.75) is 19.9 Å². The first-order valence-corrected chi connectivity index (χ1v) is 9.27. The Morgan fingerprint density at radius 3 is 2.59 bits per heavy atom. The van der Waals surface area contributed by atoms with E-state index in [0.717, 1.165) is 11.4 Å². The molecule has 0 bridgehead atoms. The van der Waals surface area contributed by atoms with E-state index in [1.165, 1.54) is 0 Å². The molecule has 150 valence electrons. The molecule has 0 radical (unpaired) electrons. The lowest BCUT2D eigenvalue weighted by atomic mass is 10.2. The van der Waals surface area contributed by atoms with Crippen LogP contribution in [0, 0.1) is 6.92 Å². The topological polar surface area (TPSA) is 86.5 Å². The normalized spacial score (nSPS) is 13.2. The van der Waals surface area contributed by atoms with Gasteiger partial charge in [0.2, 0.25) is 12.7 Å². The van der Waals surface area contributed by atoms with Gasteiger partial charge in [0.05, 0.1) is 11.4 Å². The molecule has 0 saturated carbocycles. The third-order valence-corrected chi connectivity index (χ3v) is 4.95. The summed E-state index contributed by atoms with van der Waals surface area (Å²) in [6.07, 6.45) is 0. The number of ether oxygens (including phenoxy) is 2. The molecule has 2 N–H and O–H groups in total. The van der Waals surface area contributed by atoms with E-state index in [2.05, 4.69) is 10.6 Å². The first-order valence-electron chi connectivity index (χ1n) is 9.27. The molecule has 0 fully saturated rings. The first-order chi connectivity index (χ1) is 14.0. The molecular formula is C21H22N4O4. The van der Waals surface area contributed by atoms with Crippen LogP contribution in [0.2, 0.25) is 0 Å². The number of fused-ring (bicyclic) bond motifs is 1. The van der Waals surface area contributed by atoms with Crippen LogP contribution in [0.4, 0.5) is 11.4 Å². The summed E-state index contributed by atoms with van der Waals surface area (Å²) in [5.41, 5.74) is 2.28. The predicted molar refractivity (Wildman–Crippen MR) is 110 cm³/mol. The van der Waals surface area contributed by atoms with Gasteiger partial charge in [-0.15, -0.1) is 0 Å². The van der Waals surface area contributed by atoms with E-state index in [1.807, 2.05) is 44.3 Å². The standard InChI is InChI=1S/C21H22N4O4/c1-13(20(26)23-15-9-10-17-18(11-15)29-12-28-17)22-19-14(2)24(3)25(21(19)27)16-7-5-4-6-8-16/h4-11,13,22H,12H2,1-3H3,(H,23,26). The minimum absolute atomic E-state index is 0.172. The molecule has 1 unspecified atom stereocenters. The Morgan fingerprint density at radius 2 is 1.83 bits per heavy atom. The minimum atomic E-state index is -0.626. The molecule has 3 aromatic rings. The van der Waals surface area contributed by atoms with E-state index in [1.54, 1.807) is 34.5 Å². The Morgan fingerprint density at radius 1 is 1.10 bits per heavy atom. The molecule has 4 rings (SSSR count). The fourth-order valence-electron chi connectivity index (χ4n) is 3.24. The second-order valence-corrected chi connectivity index (χ2v) is 6.86. The van der Waals surface area contributed by atoms with Crippen LogP contribution in [0.25, 0.3) is 5.69 Å². The number of carbonyl (C=O) groups is 1. The number of amides is 1. The van der Waals surface area contributed by atoms with Crippen molar-refractivity contribution >= 4 is 17.3 Å². The van der Waals surface area contributed by atoms with Crippen molar-refractivity contribution in [1.29, 1.82) is 0 Å². The van der Waals surface area contributed by atoms with E-state index >= 15 is 0 Å². The number of nitrogens with one attached hydrogen (secondary N) is 2. The first kappa shape index (κ1) is 18.7. The highest BCUT2D eigenvalue weighted by atomic mass is 16.7. The zero-order valence-electron chi connectivity index (χ0n) is 16.4.